The maximum atomic E-state index is 12.7. The standard InChI is InChI=1S/C19H18F3NO3S/c1-12-5-3-8-16(17(12)23-13(2)24)18(25)26-9-10-27-15-7-4-6-14(11-15)19(20,21)22/h3-8,11H,9-10H2,1-2H3,(H,23,24). The predicted octanol–water partition coefficient (Wildman–Crippen LogP) is 4.92. The molecule has 0 aliphatic rings. The summed E-state index contributed by atoms with van der Waals surface area (Å²) in [6.45, 7) is 3.12. The first-order valence-corrected chi connectivity index (χ1v) is 9.01. The summed E-state index contributed by atoms with van der Waals surface area (Å²) in [5.41, 5.74) is 0.622. The molecule has 1 amide bonds. The highest BCUT2D eigenvalue weighted by Gasteiger charge is 2.30. The van der Waals surface area contributed by atoms with E-state index in [1.807, 2.05) is 0 Å². The summed E-state index contributed by atoms with van der Waals surface area (Å²) in [5, 5.41) is 2.61. The summed E-state index contributed by atoms with van der Waals surface area (Å²) < 4.78 is 43.3. The van der Waals surface area contributed by atoms with Gasteiger partial charge in [-0.3, -0.25) is 4.79 Å². The molecule has 0 aliphatic carbocycles. The summed E-state index contributed by atoms with van der Waals surface area (Å²) in [6, 6.07) is 9.94. The number of esters is 1. The highest BCUT2D eigenvalue weighted by molar-refractivity contribution is 7.99. The van der Waals surface area contributed by atoms with Gasteiger partial charge in [0.1, 0.15) is 6.61 Å². The fraction of sp³-hybridized carbons (Fsp3) is 0.263. The Hall–Kier alpha value is -2.48. The van der Waals surface area contributed by atoms with Gasteiger partial charge in [-0.2, -0.15) is 13.2 Å². The number of para-hydroxylation sites is 1. The van der Waals surface area contributed by atoms with Crippen molar-refractivity contribution >= 4 is 29.3 Å². The van der Waals surface area contributed by atoms with Crippen LogP contribution in [0.4, 0.5) is 18.9 Å². The van der Waals surface area contributed by atoms with Crippen LogP contribution in [0.2, 0.25) is 0 Å². The second-order valence-electron chi connectivity index (χ2n) is 5.69. The molecule has 0 spiro atoms. The molecular weight excluding hydrogens is 379 g/mol. The van der Waals surface area contributed by atoms with Crippen LogP contribution in [-0.4, -0.2) is 24.2 Å². The van der Waals surface area contributed by atoms with Gasteiger partial charge in [0, 0.05) is 17.6 Å². The lowest BCUT2D eigenvalue weighted by atomic mass is 10.1. The lowest BCUT2D eigenvalue weighted by Crippen LogP contribution is -2.15. The number of halogens is 3. The Balaban J connectivity index is 1.94. The molecule has 0 atom stereocenters. The van der Waals surface area contributed by atoms with Crippen molar-refractivity contribution in [3.8, 4) is 0 Å². The highest BCUT2D eigenvalue weighted by atomic mass is 32.2. The number of rotatable bonds is 6. The molecule has 0 bridgehead atoms. The maximum Gasteiger partial charge on any atom is 0.416 e. The van der Waals surface area contributed by atoms with E-state index >= 15 is 0 Å². The van der Waals surface area contributed by atoms with Gasteiger partial charge in [-0.05, 0) is 36.8 Å². The van der Waals surface area contributed by atoms with E-state index in [4.69, 9.17) is 4.74 Å². The Morgan fingerprint density at radius 3 is 2.52 bits per heavy atom. The molecule has 0 aromatic heterocycles. The Bertz CT molecular complexity index is 837. The van der Waals surface area contributed by atoms with Crippen LogP contribution in [-0.2, 0) is 15.7 Å². The van der Waals surface area contributed by atoms with Crippen LogP contribution < -0.4 is 5.32 Å². The van der Waals surface area contributed by atoms with Crippen LogP contribution >= 0.6 is 11.8 Å². The van der Waals surface area contributed by atoms with Gasteiger partial charge in [-0.15, -0.1) is 11.8 Å². The van der Waals surface area contributed by atoms with Crippen molar-refractivity contribution < 1.29 is 27.5 Å². The third-order valence-corrected chi connectivity index (χ3v) is 4.50. The van der Waals surface area contributed by atoms with Gasteiger partial charge < -0.3 is 10.1 Å². The van der Waals surface area contributed by atoms with Crippen LogP contribution in [0.5, 0.6) is 0 Å². The zero-order chi connectivity index (χ0) is 20.0. The molecule has 0 radical (unpaired) electrons. The number of aryl methyl sites for hydroxylation is 1. The summed E-state index contributed by atoms with van der Waals surface area (Å²) in [6.07, 6.45) is -4.39. The number of nitrogens with one attached hydrogen (secondary N) is 1. The minimum atomic E-state index is -4.39. The molecular formula is C19H18F3NO3S. The summed E-state index contributed by atoms with van der Waals surface area (Å²) >= 11 is 1.16. The lowest BCUT2D eigenvalue weighted by Gasteiger charge is -2.12. The average Bonchev–Trinajstić information content (AvgIpc) is 2.59. The fourth-order valence-corrected chi connectivity index (χ4v) is 3.10. The summed E-state index contributed by atoms with van der Waals surface area (Å²) in [7, 11) is 0. The van der Waals surface area contributed by atoms with Crippen molar-refractivity contribution in [2.75, 3.05) is 17.7 Å². The van der Waals surface area contributed by atoms with Gasteiger partial charge in [0.05, 0.1) is 16.8 Å². The number of hydrogen-bond acceptors (Lipinski definition) is 4. The predicted molar refractivity (Wildman–Crippen MR) is 97.9 cm³/mol. The molecule has 2 aromatic carbocycles. The van der Waals surface area contributed by atoms with E-state index in [1.54, 1.807) is 31.2 Å². The second-order valence-corrected chi connectivity index (χ2v) is 6.86. The number of anilines is 1. The number of carbonyl (C=O) groups is 2. The van der Waals surface area contributed by atoms with Gasteiger partial charge >= 0.3 is 12.1 Å². The molecule has 2 rings (SSSR count). The van der Waals surface area contributed by atoms with Crippen molar-refractivity contribution in [2.45, 2.75) is 24.9 Å². The Kier molecular flexibility index (Phi) is 6.90. The van der Waals surface area contributed by atoms with E-state index in [-0.39, 0.29) is 18.1 Å². The monoisotopic (exact) mass is 397 g/mol. The van der Waals surface area contributed by atoms with Gasteiger partial charge in [0.2, 0.25) is 5.91 Å². The van der Waals surface area contributed by atoms with Crippen LogP contribution in [0.1, 0.15) is 28.4 Å². The minimum Gasteiger partial charge on any atom is -0.461 e. The van der Waals surface area contributed by atoms with Crippen molar-refractivity contribution in [2.24, 2.45) is 0 Å². The third-order valence-electron chi connectivity index (χ3n) is 3.54. The summed E-state index contributed by atoms with van der Waals surface area (Å²) in [4.78, 5) is 24.0. The zero-order valence-corrected chi connectivity index (χ0v) is 15.5. The first kappa shape index (κ1) is 20.8. The van der Waals surface area contributed by atoms with Crippen molar-refractivity contribution in [1.82, 2.24) is 0 Å². The highest BCUT2D eigenvalue weighted by Crippen LogP contribution is 2.31. The third kappa shape index (κ3) is 6.02. The number of hydrogen-bond donors (Lipinski definition) is 1. The smallest absolute Gasteiger partial charge is 0.416 e. The summed E-state index contributed by atoms with van der Waals surface area (Å²) in [5.74, 6) is -0.612. The Morgan fingerprint density at radius 2 is 1.85 bits per heavy atom. The molecule has 144 valence electrons. The second kappa shape index (κ2) is 8.94. The topological polar surface area (TPSA) is 55.4 Å². The van der Waals surface area contributed by atoms with Crippen LogP contribution in [0.25, 0.3) is 0 Å². The Labute approximate surface area is 159 Å². The van der Waals surface area contributed by atoms with E-state index in [0.29, 0.717) is 16.3 Å². The van der Waals surface area contributed by atoms with Crippen molar-refractivity contribution in [3.05, 3.63) is 59.2 Å². The van der Waals surface area contributed by atoms with E-state index in [0.717, 1.165) is 29.5 Å². The van der Waals surface area contributed by atoms with Gasteiger partial charge in [-0.25, -0.2) is 4.79 Å². The quantitative estimate of drug-likeness (QED) is 0.427. The number of ether oxygens (including phenoxy) is 1. The van der Waals surface area contributed by atoms with E-state index < -0.39 is 17.7 Å². The van der Waals surface area contributed by atoms with Crippen LogP contribution in [0, 0.1) is 6.92 Å². The largest absolute Gasteiger partial charge is 0.461 e. The van der Waals surface area contributed by atoms with E-state index in [2.05, 4.69) is 5.32 Å². The molecule has 0 unspecified atom stereocenters. The molecule has 0 aliphatic heterocycles. The molecule has 1 N–H and O–H groups in total. The Morgan fingerprint density at radius 1 is 1.15 bits per heavy atom. The normalized spacial score (nSPS) is 11.1. The molecule has 0 fully saturated rings. The number of thioether (sulfide) groups is 1. The lowest BCUT2D eigenvalue weighted by molar-refractivity contribution is -0.137. The van der Waals surface area contributed by atoms with Crippen LogP contribution in [0.15, 0.2) is 47.4 Å². The fourth-order valence-electron chi connectivity index (χ4n) is 2.31. The molecule has 8 heteroatoms. The first-order valence-electron chi connectivity index (χ1n) is 8.03. The first-order chi connectivity index (χ1) is 12.7. The molecule has 0 heterocycles. The van der Waals surface area contributed by atoms with E-state index in [9.17, 15) is 22.8 Å². The zero-order valence-electron chi connectivity index (χ0n) is 14.7. The minimum absolute atomic E-state index is 0.0210. The molecule has 0 saturated carbocycles. The van der Waals surface area contributed by atoms with Crippen LogP contribution in [0.3, 0.4) is 0 Å². The van der Waals surface area contributed by atoms with E-state index in [1.165, 1.54) is 13.0 Å². The molecule has 4 nitrogen and oxygen atoms in total. The number of benzene rings is 2. The van der Waals surface area contributed by atoms with Crippen molar-refractivity contribution in [3.63, 3.8) is 0 Å². The number of carbonyl (C=O) groups excluding carboxylic acids is 2. The molecule has 2 aromatic rings. The SMILES string of the molecule is CC(=O)Nc1c(C)cccc1C(=O)OCCSc1cccc(C(F)(F)F)c1. The number of alkyl halides is 3. The van der Waals surface area contributed by atoms with Crippen molar-refractivity contribution in [1.29, 1.82) is 0 Å². The molecule has 0 saturated heterocycles. The average molecular weight is 397 g/mol. The van der Waals surface area contributed by atoms with Gasteiger partial charge in [0.15, 0.2) is 0 Å². The number of amides is 1. The molecule has 27 heavy (non-hydrogen) atoms. The maximum absolute atomic E-state index is 12.7. The van der Waals surface area contributed by atoms with Gasteiger partial charge in [0.25, 0.3) is 0 Å². The van der Waals surface area contributed by atoms with Gasteiger partial charge in [-0.1, -0.05) is 18.2 Å².